The molecule has 112 valence electrons. The second kappa shape index (κ2) is 6.76. The third kappa shape index (κ3) is 2.95. The van der Waals surface area contributed by atoms with E-state index < -0.39 is 11.9 Å². The molecule has 2 rings (SSSR count). The van der Waals surface area contributed by atoms with Gasteiger partial charge in [-0.05, 0) is 24.3 Å². The number of halogens is 2. The molecule has 2 aromatic carbocycles. The van der Waals surface area contributed by atoms with Gasteiger partial charge in [0.25, 0.3) is 0 Å². The minimum Gasteiger partial charge on any atom is -0.496 e. The van der Waals surface area contributed by atoms with Crippen LogP contribution in [0.2, 0.25) is 5.02 Å². The van der Waals surface area contributed by atoms with Crippen LogP contribution in [0.25, 0.3) is 0 Å². The van der Waals surface area contributed by atoms with Crippen molar-refractivity contribution >= 4 is 11.6 Å². The molecule has 3 N–H and O–H groups in total. The SMILES string of the molecule is COc1cccc(OC)c1C(NN)c1c(F)cccc1Cl. The highest BCUT2D eigenvalue weighted by atomic mass is 35.5. The van der Waals surface area contributed by atoms with E-state index in [4.69, 9.17) is 26.9 Å². The summed E-state index contributed by atoms with van der Waals surface area (Å²) in [4.78, 5) is 0. The van der Waals surface area contributed by atoms with Gasteiger partial charge in [0, 0.05) is 10.6 Å². The third-order valence-corrected chi connectivity index (χ3v) is 3.54. The van der Waals surface area contributed by atoms with Gasteiger partial charge in [-0.15, -0.1) is 0 Å². The van der Waals surface area contributed by atoms with Crippen LogP contribution in [-0.4, -0.2) is 14.2 Å². The number of hydrogen-bond acceptors (Lipinski definition) is 4. The molecule has 0 aliphatic rings. The van der Waals surface area contributed by atoms with Crippen molar-refractivity contribution in [1.82, 2.24) is 5.43 Å². The molecular formula is C15H16ClFN2O2. The number of benzene rings is 2. The molecular weight excluding hydrogens is 295 g/mol. The van der Waals surface area contributed by atoms with Gasteiger partial charge >= 0.3 is 0 Å². The molecule has 21 heavy (non-hydrogen) atoms. The Kier molecular flexibility index (Phi) is 5.01. The molecule has 0 heterocycles. The Morgan fingerprint density at radius 3 is 2.10 bits per heavy atom. The molecule has 4 nitrogen and oxygen atoms in total. The maximum Gasteiger partial charge on any atom is 0.129 e. The van der Waals surface area contributed by atoms with Gasteiger partial charge in [0.1, 0.15) is 17.3 Å². The van der Waals surface area contributed by atoms with Gasteiger partial charge in [-0.3, -0.25) is 5.84 Å². The Bertz CT molecular complexity index is 595. The average Bonchev–Trinajstić information content (AvgIpc) is 2.50. The van der Waals surface area contributed by atoms with Crippen LogP contribution in [0.1, 0.15) is 17.2 Å². The highest BCUT2D eigenvalue weighted by Gasteiger charge is 2.26. The lowest BCUT2D eigenvalue weighted by molar-refractivity contribution is 0.376. The molecule has 1 unspecified atom stereocenters. The maximum atomic E-state index is 14.2. The predicted octanol–water partition coefficient (Wildman–Crippen LogP) is 3.05. The van der Waals surface area contributed by atoms with Crippen molar-refractivity contribution in [2.75, 3.05) is 14.2 Å². The number of nitrogens with one attached hydrogen (secondary N) is 1. The summed E-state index contributed by atoms with van der Waals surface area (Å²) < 4.78 is 24.8. The van der Waals surface area contributed by atoms with E-state index in [1.165, 1.54) is 26.4 Å². The first kappa shape index (κ1) is 15.6. The van der Waals surface area contributed by atoms with Crippen LogP contribution < -0.4 is 20.7 Å². The number of rotatable bonds is 5. The van der Waals surface area contributed by atoms with E-state index in [1.807, 2.05) is 0 Å². The second-order valence-electron chi connectivity index (χ2n) is 4.31. The van der Waals surface area contributed by atoms with Crippen molar-refractivity contribution in [2.24, 2.45) is 5.84 Å². The van der Waals surface area contributed by atoms with Gasteiger partial charge in [-0.25, -0.2) is 9.82 Å². The number of hydrazine groups is 1. The summed E-state index contributed by atoms with van der Waals surface area (Å²) in [6.45, 7) is 0. The first-order valence-electron chi connectivity index (χ1n) is 6.25. The van der Waals surface area contributed by atoms with Crippen LogP contribution in [0.4, 0.5) is 4.39 Å². The summed E-state index contributed by atoms with van der Waals surface area (Å²) >= 11 is 6.13. The summed E-state index contributed by atoms with van der Waals surface area (Å²) in [6.07, 6.45) is 0. The summed E-state index contributed by atoms with van der Waals surface area (Å²) in [6, 6.07) is 9.03. The standard InChI is InChI=1S/C15H16ClFN2O2/c1-20-11-7-4-8-12(21-2)14(11)15(19-18)13-9(16)5-3-6-10(13)17/h3-8,15,19H,18H2,1-2H3. The lowest BCUT2D eigenvalue weighted by Crippen LogP contribution is -2.30. The van der Waals surface area contributed by atoms with E-state index in [0.717, 1.165) is 0 Å². The zero-order chi connectivity index (χ0) is 15.4. The predicted molar refractivity (Wildman–Crippen MR) is 80.1 cm³/mol. The minimum atomic E-state index is -0.704. The zero-order valence-corrected chi connectivity index (χ0v) is 12.4. The first-order chi connectivity index (χ1) is 10.1. The van der Waals surface area contributed by atoms with Gasteiger partial charge in [-0.1, -0.05) is 23.7 Å². The van der Waals surface area contributed by atoms with Crippen LogP contribution in [0.3, 0.4) is 0 Å². The van der Waals surface area contributed by atoms with E-state index in [-0.39, 0.29) is 10.6 Å². The largest absolute Gasteiger partial charge is 0.496 e. The van der Waals surface area contributed by atoms with Crippen LogP contribution in [0.15, 0.2) is 36.4 Å². The Balaban J connectivity index is 2.67. The summed E-state index contributed by atoms with van der Waals surface area (Å²) in [5.41, 5.74) is 3.40. The van der Waals surface area contributed by atoms with E-state index in [9.17, 15) is 4.39 Å². The van der Waals surface area contributed by atoms with Gasteiger partial charge in [0.15, 0.2) is 0 Å². The van der Waals surface area contributed by atoms with Crippen molar-refractivity contribution in [2.45, 2.75) is 6.04 Å². The Morgan fingerprint density at radius 1 is 1.05 bits per heavy atom. The lowest BCUT2D eigenvalue weighted by atomic mass is 9.96. The van der Waals surface area contributed by atoms with E-state index in [1.54, 1.807) is 24.3 Å². The van der Waals surface area contributed by atoms with Gasteiger partial charge < -0.3 is 9.47 Å². The summed E-state index contributed by atoms with van der Waals surface area (Å²) in [7, 11) is 3.05. The number of hydrogen-bond donors (Lipinski definition) is 2. The van der Waals surface area contributed by atoms with Crippen LogP contribution in [-0.2, 0) is 0 Å². The minimum absolute atomic E-state index is 0.240. The number of ether oxygens (including phenoxy) is 2. The zero-order valence-electron chi connectivity index (χ0n) is 11.7. The van der Waals surface area contributed by atoms with Crippen molar-refractivity contribution < 1.29 is 13.9 Å². The van der Waals surface area contributed by atoms with Gasteiger partial charge in [-0.2, -0.15) is 0 Å². The smallest absolute Gasteiger partial charge is 0.129 e. The van der Waals surface area contributed by atoms with Gasteiger partial charge in [0.2, 0.25) is 0 Å². The first-order valence-corrected chi connectivity index (χ1v) is 6.62. The molecule has 0 aliphatic carbocycles. The number of nitrogens with two attached hydrogens (primary N) is 1. The molecule has 0 aromatic heterocycles. The molecule has 0 fully saturated rings. The third-order valence-electron chi connectivity index (χ3n) is 3.21. The fourth-order valence-electron chi connectivity index (χ4n) is 2.26. The molecule has 0 radical (unpaired) electrons. The van der Waals surface area contributed by atoms with E-state index >= 15 is 0 Å². The molecule has 0 spiro atoms. The van der Waals surface area contributed by atoms with Crippen LogP contribution >= 0.6 is 11.6 Å². The average molecular weight is 311 g/mol. The Labute approximate surface area is 127 Å². The molecule has 6 heteroatoms. The fourth-order valence-corrected chi connectivity index (χ4v) is 2.53. The molecule has 0 bridgehead atoms. The van der Waals surface area contributed by atoms with E-state index in [2.05, 4.69) is 5.43 Å². The number of methoxy groups -OCH3 is 2. The van der Waals surface area contributed by atoms with Crippen molar-refractivity contribution in [3.8, 4) is 11.5 Å². The monoisotopic (exact) mass is 310 g/mol. The summed E-state index contributed by atoms with van der Waals surface area (Å²) in [5, 5.41) is 0.269. The quantitative estimate of drug-likeness (QED) is 0.658. The summed E-state index contributed by atoms with van der Waals surface area (Å²) in [5.74, 6) is 6.22. The van der Waals surface area contributed by atoms with Gasteiger partial charge in [0.05, 0.1) is 25.8 Å². The molecule has 0 aliphatic heterocycles. The van der Waals surface area contributed by atoms with Crippen molar-refractivity contribution in [3.63, 3.8) is 0 Å². The molecule has 0 amide bonds. The van der Waals surface area contributed by atoms with Crippen LogP contribution in [0, 0.1) is 5.82 Å². The molecule has 1 atom stereocenters. The highest BCUT2D eigenvalue weighted by Crippen LogP contribution is 2.39. The van der Waals surface area contributed by atoms with E-state index in [0.29, 0.717) is 17.1 Å². The Hall–Kier alpha value is -1.82. The topological polar surface area (TPSA) is 56.5 Å². The highest BCUT2D eigenvalue weighted by molar-refractivity contribution is 6.31. The van der Waals surface area contributed by atoms with Crippen molar-refractivity contribution in [1.29, 1.82) is 0 Å². The lowest BCUT2D eigenvalue weighted by Gasteiger charge is -2.23. The normalized spacial score (nSPS) is 12.0. The molecule has 2 aromatic rings. The Morgan fingerprint density at radius 2 is 1.62 bits per heavy atom. The van der Waals surface area contributed by atoms with Crippen molar-refractivity contribution in [3.05, 3.63) is 58.4 Å². The van der Waals surface area contributed by atoms with Crippen LogP contribution in [0.5, 0.6) is 11.5 Å². The maximum absolute atomic E-state index is 14.2. The molecule has 0 saturated carbocycles. The second-order valence-corrected chi connectivity index (χ2v) is 4.72. The fraction of sp³-hybridized carbons (Fsp3) is 0.200. The molecule has 0 saturated heterocycles.